The average Bonchev–Trinajstić information content (AvgIpc) is 2.33. The van der Waals surface area contributed by atoms with Gasteiger partial charge in [0, 0.05) is 5.69 Å². The van der Waals surface area contributed by atoms with Crippen LogP contribution >= 0.6 is 27.5 Å². The number of carbonyl (C=O) groups is 1. The molecule has 0 saturated heterocycles. The highest BCUT2D eigenvalue weighted by Gasteiger charge is 2.17. The lowest BCUT2D eigenvalue weighted by atomic mass is 10.1. The first kappa shape index (κ1) is 14.8. The Morgan fingerprint density at radius 1 is 1.40 bits per heavy atom. The quantitative estimate of drug-likeness (QED) is 0.847. The minimum atomic E-state index is -1.02. The van der Waals surface area contributed by atoms with Crippen molar-refractivity contribution >= 4 is 45.0 Å². The SMILES string of the molecule is Cc1cc(C)c(C(=O)O)c(Nc2cccc(Cl)c2Br)n1. The lowest BCUT2D eigenvalue weighted by molar-refractivity contribution is 0.0697. The van der Waals surface area contributed by atoms with E-state index in [4.69, 9.17) is 11.6 Å². The van der Waals surface area contributed by atoms with Crippen molar-refractivity contribution in [2.24, 2.45) is 0 Å². The second-order valence-electron chi connectivity index (χ2n) is 4.34. The molecule has 0 radical (unpaired) electrons. The molecule has 1 aromatic carbocycles. The molecule has 4 nitrogen and oxygen atoms in total. The van der Waals surface area contributed by atoms with Gasteiger partial charge in [0.1, 0.15) is 11.4 Å². The summed E-state index contributed by atoms with van der Waals surface area (Å²) >= 11 is 9.39. The predicted molar refractivity (Wildman–Crippen MR) is 83.1 cm³/mol. The second-order valence-corrected chi connectivity index (χ2v) is 5.54. The number of carboxylic acids is 1. The van der Waals surface area contributed by atoms with Gasteiger partial charge in [-0.2, -0.15) is 0 Å². The highest BCUT2D eigenvalue weighted by Crippen LogP contribution is 2.33. The second kappa shape index (κ2) is 5.81. The Morgan fingerprint density at radius 3 is 2.75 bits per heavy atom. The Bertz CT molecular complexity index is 689. The summed E-state index contributed by atoms with van der Waals surface area (Å²) in [6, 6.07) is 7.05. The number of aromatic nitrogens is 1. The Balaban J connectivity index is 2.53. The molecule has 0 unspecified atom stereocenters. The van der Waals surface area contributed by atoms with Crippen molar-refractivity contribution in [3.63, 3.8) is 0 Å². The third-order valence-electron chi connectivity index (χ3n) is 2.76. The molecule has 20 heavy (non-hydrogen) atoms. The van der Waals surface area contributed by atoms with E-state index >= 15 is 0 Å². The van der Waals surface area contributed by atoms with Gasteiger partial charge in [-0.25, -0.2) is 9.78 Å². The molecule has 0 fully saturated rings. The van der Waals surface area contributed by atoms with Gasteiger partial charge < -0.3 is 10.4 Å². The van der Waals surface area contributed by atoms with E-state index in [-0.39, 0.29) is 5.56 Å². The molecular formula is C14H12BrClN2O2. The molecule has 1 aromatic heterocycles. The maximum atomic E-state index is 11.4. The number of hydrogen-bond donors (Lipinski definition) is 2. The largest absolute Gasteiger partial charge is 0.478 e. The van der Waals surface area contributed by atoms with Gasteiger partial charge in [-0.1, -0.05) is 17.7 Å². The number of anilines is 2. The number of benzene rings is 1. The molecule has 0 atom stereocenters. The maximum Gasteiger partial charge on any atom is 0.339 e. The van der Waals surface area contributed by atoms with Gasteiger partial charge in [0.2, 0.25) is 0 Å². The Kier molecular flexibility index (Phi) is 4.30. The molecule has 2 rings (SSSR count). The van der Waals surface area contributed by atoms with Crippen molar-refractivity contribution in [2.75, 3.05) is 5.32 Å². The topological polar surface area (TPSA) is 62.2 Å². The summed E-state index contributed by atoms with van der Waals surface area (Å²) in [5.74, 6) is -0.714. The van der Waals surface area contributed by atoms with Crippen LogP contribution in [0.4, 0.5) is 11.5 Å². The molecule has 0 amide bonds. The zero-order valence-corrected chi connectivity index (χ0v) is 13.2. The van der Waals surface area contributed by atoms with Crippen LogP contribution in [0.15, 0.2) is 28.7 Å². The van der Waals surface area contributed by atoms with Crippen molar-refractivity contribution in [3.05, 3.63) is 50.6 Å². The number of halogens is 2. The van der Waals surface area contributed by atoms with Gasteiger partial charge in [0.15, 0.2) is 0 Å². The van der Waals surface area contributed by atoms with Gasteiger partial charge in [-0.15, -0.1) is 0 Å². The zero-order chi connectivity index (χ0) is 14.9. The number of rotatable bonds is 3. The van der Waals surface area contributed by atoms with Crippen molar-refractivity contribution < 1.29 is 9.90 Å². The summed E-state index contributed by atoms with van der Waals surface area (Å²) in [6.07, 6.45) is 0. The molecular weight excluding hydrogens is 344 g/mol. The number of nitrogens with zero attached hydrogens (tertiary/aromatic N) is 1. The zero-order valence-electron chi connectivity index (χ0n) is 10.9. The van der Waals surface area contributed by atoms with Crippen LogP contribution < -0.4 is 5.32 Å². The van der Waals surface area contributed by atoms with Crippen LogP contribution in [-0.2, 0) is 0 Å². The van der Waals surface area contributed by atoms with Crippen LogP contribution in [0, 0.1) is 13.8 Å². The van der Waals surface area contributed by atoms with E-state index in [0.29, 0.717) is 26.6 Å². The Labute approximate surface area is 129 Å². The number of aromatic carboxylic acids is 1. The van der Waals surface area contributed by atoms with Crippen molar-refractivity contribution in [1.82, 2.24) is 4.98 Å². The number of hydrogen-bond acceptors (Lipinski definition) is 3. The first-order valence-corrected chi connectivity index (χ1v) is 7.00. The predicted octanol–water partition coefficient (Wildman–Crippen LogP) is 4.56. The van der Waals surface area contributed by atoms with E-state index in [1.165, 1.54) is 0 Å². The van der Waals surface area contributed by atoms with Crippen LogP contribution in [-0.4, -0.2) is 16.1 Å². The molecule has 0 aliphatic rings. The Hall–Kier alpha value is -1.59. The molecule has 6 heteroatoms. The molecule has 104 valence electrons. The van der Waals surface area contributed by atoms with Crippen molar-refractivity contribution in [3.8, 4) is 0 Å². The van der Waals surface area contributed by atoms with Crippen LogP contribution in [0.3, 0.4) is 0 Å². The highest BCUT2D eigenvalue weighted by atomic mass is 79.9. The Morgan fingerprint density at radius 2 is 2.10 bits per heavy atom. The molecule has 0 saturated carbocycles. The minimum absolute atomic E-state index is 0.155. The van der Waals surface area contributed by atoms with Crippen LogP contribution in [0.25, 0.3) is 0 Å². The van der Waals surface area contributed by atoms with E-state index < -0.39 is 5.97 Å². The maximum absolute atomic E-state index is 11.4. The normalized spacial score (nSPS) is 10.4. The van der Waals surface area contributed by atoms with Gasteiger partial charge >= 0.3 is 5.97 Å². The van der Waals surface area contributed by atoms with E-state index in [0.717, 1.165) is 5.69 Å². The fraction of sp³-hybridized carbons (Fsp3) is 0.143. The van der Waals surface area contributed by atoms with E-state index in [1.807, 2.05) is 6.92 Å². The first-order valence-electron chi connectivity index (χ1n) is 5.82. The molecule has 1 heterocycles. The summed E-state index contributed by atoms with van der Waals surface area (Å²) in [5.41, 5.74) is 2.22. The third-order valence-corrected chi connectivity index (χ3v) is 4.16. The van der Waals surface area contributed by atoms with Gasteiger partial charge in [-0.05, 0) is 53.5 Å². The summed E-state index contributed by atoms with van der Waals surface area (Å²) in [6.45, 7) is 3.56. The number of pyridine rings is 1. The van der Waals surface area contributed by atoms with E-state index in [9.17, 15) is 9.90 Å². The molecule has 0 aliphatic carbocycles. The summed E-state index contributed by atoms with van der Waals surface area (Å²) in [5, 5.41) is 12.9. The molecule has 0 spiro atoms. The monoisotopic (exact) mass is 354 g/mol. The smallest absolute Gasteiger partial charge is 0.339 e. The van der Waals surface area contributed by atoms with Crippen molar-refractivity contribution in [1.29, 1.82) is 0 Å². The summed E-state index contributed by atoms with van der Waals surface area (Å²) in [4.78, 5) is 15.6. The molecule has 0 bridgehead atoms. The van der Waals surface area contributed by atoms with Gasteiger partial charge in [0.25, 0.3) is 0 Å². The lowest BCUT2D eigenvalue weighted by Gasteiger charge is -2.13. The van der Waals surface area contributed by atoms with Crippen LogP contribution in [0.2, 0.25) is 5.02 Å². The van der Waals surface area contributed by atoms with Crippen molar-refractivity contribution in [2.45, 2.75) is 13.8 Å². The number of aryl methyl sites for hydroxylation is 2. The minimum Gasteiger partial charge on any atom is -0.478 e. The van der Waals surface area contributed by atoms with Gasteiger partial charge in [-0.3, -0.25) is 0 Å². The van der Waals surface area contributed by atoms with E-state index in [2.05, 4.69) is 26.2 Å². The standard InChI is InChI=1S/C14H12BrClN2O2/c1-7-6-8(2)17-13(11(7)14(19)20)18-10-5-3-4-9(16)12(10)15/h3-6H,1-2H3,(H,17,18)(H,19,20). The third kappa shape index (κ3) is 2.94. The van der Waals surface area contributed by atoms with Crippen LogP contribution in [0.1, 0.15) is 21.6 Å². The fourth-order valence-electron chi connectivity index (χ4n) is 1.93. The molecule has 2 aromatic rings. The summed E-state index contributed by atoms with van der Waals surface area (Å²) < 4.78 is 0.666. The van der Waals surface area contributed by atoms with E-state index in [1.54, 1.807) is 31.2 Å². The van der Waals surface area contributed by atoms with Crippen LogP contribution in [0.5, 0.6) is 0 Å². The van der Waals surface area contributed by atoms with Gasteiger partial charge in [0.05, 0.1) is 15.2 Å². The number of nitrogens with one attached hydrogen (secondary N) is 1. The summed E-state index contributed by atoms with van der Waals surface area (Å²) in [7, 11) is 0. The fourth-order valence-corrected chi connectivity index (χ4v) is 2.46. The highest BCUT2D eigenvalue weighted by molar-refractivity contribution is 9.10. The number of carboxylic acid groups (broad SMARTS) is 1. The average molecular weight is 356 g/mol. The molecule has 0 aliphatic heterocycles. The first-order chi connectivity index (χ1) is 9.40. The molecule has 2 N–H and O–H groups in total. The lowest BCUT2D eigenvalue weighted by Crippen LogP contribution is -2.08.